The van der Waals surface area contributed by atoms with Crippen LogP contribution in [0.3, 0.4) is 0 Å². The molecule has 22 heavy (non-hydrogen) atoms. The van der Waals surface area contributed by atoms with E-state index in [0.717, 1.165) is 31.5 Å². The molecular formula is C19H22N2O. The number of rotatable bonds is 4. The molecular weight excluding hydrogens is 272 g/mol. The molecule has 0 radical (unpaired) electrons. The Bertz CT molecular complexity index is 618. The predicted molar refractivity (Wildman–Crippen MR) is 89.3 cm³/mol. The van der Waals surface area contributed by atoms with Gasteiger partial charge in [-0.3, -0.25) is 4.79 Å². The van der Waals surface area contributed by atoms with Gasteiger partial charge in [0.05, 0.1) is 0 Å². The minimum absolute atomic E-state index is 0.165. The third-order valence-electron chi connectivity index (χ3n) is 4.21. The summed E-state index contributed by atoms with van der Waals surface area (Å²) in [5.74, 6) is 0.352. The normalized spacial score (nSPS) is 15.5. The third-order valence-corrected chi connectivity index (χ3v) is 4.21. The van der Waals surface area contributed by atoms with Crippen LogP contribution in [0.1, 0.15) is 18.4 Å². The van der Waals surface area contributed by atoms with E-state index in [4.69, 9.17) is 0 Å². The molecule has 0 aliphatic carbocycles. The van der Waals surface area contributed by atoms with E-state index in [-0.39, 0.29) is 11.8 Å². The van der Waals surface area contributed by atoms with Crippen LogP contribution in [-0.4, -0.2) is 19.0 Å². The minimum atomic E-state index is 0.165. The zero-order chi connectivity index (χ0) is 15.2. The molecule has 2 aromatic rings. The Hall–Kier alpha value is -2.13. The number of hydrogen-bond donors (Lipinski definition) is 2. The molecule has 1 saturated heterocycles. The summed E-state index contributed by atoms with van der Waals surface area (Å²) in [4.78, 5) is 12.2. The first-order valence-electron chi connectivity index (χ1n) is 7.96. The topological polar surface area (TPSA) is 41.1 Å². The van der Waals surface area contributed by atoms with Crippen LogP contribution in [0.2, 0.25) is 0 Å². The Morgan fingerprint density at radius 2 is 1.73 bits per heavy atom. The van der Waals surface area contributed by atoms with Crippen molar-refractivity contribution in [2.45, 2.75) is 19.4 Å². The van der Waals surface area contributed by atoms with Gasteiger partial charge in [0.1, 0.15) is 0 Å². The van der Waals surface area contributed by atoms with E-state index in [2.05, 4.69) is 41.0 Å². The molecule has 0 saturated carbocycles. The molecule has 3 heteroatoms. The maximum Gasteiger partial charge on any atom is 0.223 e. The summed E-state index contributed by atoms with van der Waals surface area (Å²) >= 11 is 0. The second kappa shape index (κ2) is 7.23. The summed E-state index contributed by atoms with van der Waals surface area (Å²) < 4.78 is 0. The van der Waals surface area contributed by atoms with Gasteiger partial charge in [0, 0.05) is 12.5 Å². The average molecular weight is 294 g/mol. The van der Waals surface area contributed by atoms with E-state index >= 15 is 0 Å². The Balaban J connectivity index is 1.62. The summed E-state index contributed by atoms with van der Waals surface area (Å²) in [6.45, 7) is 2.49. The van der Waals surface area contributed by atoms with Crippen LogP contribution >= 0.6 is 0 Å². The summed E-state index contributed by atoms with van der Waals surface area (Å²) in [6, 6.07) is 18.7. The van der Waals surface area contributed by atoms with E-state index < -0.39 is 0 Å². The minimum Gasteiger partial charge on any atom is -0.352 e. The number of carbonyl (C=O) groups is 1. The summed E-state index contributed by atoms with van der Waals surface area (Å²) in [7, 11) is 0. The van der Waals surface area contributed by atoms with Crippen molar-refractivity contribution < 1.29 is 4.79 Å². The molecule has 1 heterocycles. The van der Waals surface area contributed by atoms with E-state index in [1.54, 1.807) is 0 Å². The Kier molecular flexibility index (Phi) is 4.86. The van der Waals surface area contributed by atoms with Crippen molar-refractivity contribution in [3.63, 3.8) is 0 Å². The van der Waals surface area contributed by atoms with E-state index in [1.807, 2.05) is 24.3 Å². The highest BCUT2D eigenvalue weighted by molar-refractivity contribution is 5.78. The molecule has 0 bridgehead atoms. The molecule has 3 nitrogen and oxygen atoms in total. The number of carbonyl (C=O) groups excluding carboxylic acids is 1. The van der Waals surface area contributed by atoms with Gasteiger partial charge in [-0.05, 0) is 48.7 Å². The van der Waals surface area contributed by atoms with Gasteiger partial charge in [0.25, 0.3) is 0 Å². The van der Waals surface area contributed by atoms with E-state index in [1.165, 1.54) is 11.1 Å². The van der Waals surface area contributed by atoms with Crippen molar-refractivity contribution in [1.29, 1.82) is 0 Å². The first-order chi connectivity index (χ1) is 10.8. The molecule has 114 valence electrons. The largest absolute Gasteiger partial charge is 0.352 e. The molecule has 1 aliphatic rings. The molecule has 2 aromatic carbocycles. The third kappa shape index (κ3) is 3.74. The summed E-state index contributed by atoms with van der Waals surface area (Å²) in [5.41, 5.74) is 3.53. The van der Waals surface area contributed by atoms with Crippen LogP contribution in [0.5, 0.6) is 0 Å². The SMILES string of the molecule is O=C(NCc1cccc(-c2ccccc2)c1)C1CCNCC1. The lowest BCUT2D eigenvalue weighted by Gasteiger charge is -2.21. The first kappa shape index (κ1) is 14.8. The molecule has 0 unspecified atom stereocenters. The van der Waals surface area contributed by atoms with Crippen LogP contribution < -0.4 is 10.6 Å². The van der Waals surface area contributed by atoms with Crippen molar-refractivity contribution in [3.05, 3.63) is 60.2 Å². The molecule has 3 rings (SSSR count). The highest BCUT2D eigenvalue weighted by atomic mass is 16.1. The van der Waals surface area contributed by atoms with Gasteiger partial charge in [-0.15, -0.1) is 0 Å². The zero-order valence-electron chi connectivity index (χ0n) is 12.7. The first-order valence-corrected chi connectivity index (χ1v) is 7.96. The Labute approximate surface area is 131 Å². The number of piperidine rings is 1. The van der Waals surface area contributed by atoms with E-state index in [9.17, 15) is 4.79 Å². The summed E-state index contributed by atoms with van der Waals surface area (Å²) in [6.07, 6.45) is 1.88. The van der Waals surface area contributed by atoms with Crippen LogP contribution in [0, 0.1) is 5.92 Å². The molecule has 1 fully saturated rings. The number of nitrogens with one attached hydrogen (secondary N) is 2. The van der Waals surface area contributed by atoms with Crippen molar-refractivity contribution in [1.82, 2.24) is 10.6 Å². The molecule has 2 N–H and O–H groups in total. The average Bonchev–Trinajstić information content (AvgIpc) is 2.61. The van der Waals surface area contributed by atoms with Gasteiger partial charge in [0.15, 0.2) is 0 Å². The molecule has 0 aromatic heterocycles. The molecule has 0 spiro atoms. The number of hydrogen-bond acceptors (Lipinski definition) is 2. The lowest BCUT2D eigenvalue weighted by atomic mass is 9.97. The standard InChI is InChI=1S/C19H22N2O/c22-19(17-9-11-20-12-10-17)21-14-15-5-4-8-18(13-15)16-6-2-1-3-7-16/h1-8,13,17,20H,9-12,14H2,(H,21,22). The molecule has 1 amide bonds. The van der Waals surface area contributed by atoms with Gasteiger partial charge in [-0.25, -0.2) is 0 Å². The van der Waals surface area contributed by atoms with Crippen molar-refractivity contribution in [3.8, 4) is 11.1 Å². The predicted octanol–water partition coefficient (Wildman–Crippen LogP) is 2.97. The quantitative estimate of drug-likeness (QED) is 0.910. The summed E-state index contributed by atoms with van der Waals surface area (Å²) in [5, 5.41) is 6.37. The fraction of sp³-hybridized carbons (Fsp3) is 0.316. The highest BCUT2D eigenvalue weighted by Gasteiger charge is 2.20. The van der Waals surface area contributed by atoms with Gasteiger partial charge in [-0.2, -0.15) is 0 Å². The van der Waals surface area contributed by atoms with Gasteiger partial charge >= 0.3 is 0 Å². The second-order valence-electron chi connectivity index (χ2n) is 5.81. The van der Waals surface area contributed by atoms with Gasteiger partial charge in [-0.1, -0.05) is 48.5 Å². The number of benzene rings is 2. The van der Waals surface area contributed by atoms with Crippen molar-refractivity contribution in [2.75, 3.05) is 13.1 Å². The maximum atomic E-state index is 12.2. The Morgan fingerprint density at radius 3 is 2.50 bits per heavy atom. The highest BCUT2D eigenvalue weighted by Crippen LogP contribution is 2.20. The fourth-order valence-electron chi connectivity index (χ4n) is 2.91. The Morgan fingerprint density at radius 1 is 1.00 bits per heavy atom. The molecule has 1 aliphatic heterocycles. The van der Waals surface area contributed by atoms with Crippen molar-refractivity contribution in [2.24, 2.45) is 5.92 Å². The van der Waals surface area contributed by atoms with Crippen LogP contribution in [0.15, 0.2) is 54.6 Å². The van der Waals surface area contributed by atoms with E-state index in [0.29, 0.717) is 6.54 Å². The monoisotopic (exact) mass is 294 g/mol. The smallest absolute Gasteiger partial charge is 0.223 e. The van der Waals surface area contributed by atoms with Gasteiger partial charge in [0.2, 0.25) is 5.91 Å². The van der Waals surface area contributed by atoms with Crippen LogP contribution in [0.4, 0.5) is 0 Å². The van der Waals surface area contributed by atoms with Gasteiger partial charge < -0.3 is 10.6 Å². The number of amides is 1. The van der Waals surface area contributed by atoms with Crippen molar-refractivity contribution >= 4 is 5.91 Å². The second-order valence-corrected chi connectivity index (χ2v) is 5.81. The molecule has 0 atom stereocenters. The van der Waals surface area contributed by atoms with Crippen LogP contribution in [0.25, 0.3) is 11.1 Å². The van der Waals surface area contributed by atoms with Crippen LogP contribution in [-0.2, 0) is 11.3 Å². The lowest BCUT2D eigenvalue weighted by Crippen LogP contribution is -2.37. The maximum absolute atomic E-state index is 12.2. The lowest BCUT2D eigenvalue weighted by molar-refractivity contribution is -0.125. The fourth-order valence-corrected chi connectivity index (χ4v) is 2.91. The zero-order valence-corrected chi connectivity index (χ0v) is 12.7.